The Morgan fingerprint density at radius 1 is 1.24 bits per heavy atom. The minimum absolute atomic E-state index is 0.243. The van der Waals surface area contributed by atoms with E-state index in [1.165, 1.54) is 30.4 Å². The van der Waals surface area contributed by atoms with Crippen LogP contribution in [0, 0.1) is 0 Å². The fraction of sp³-hybridized carbons (Fsp3) is 0.529. The van der Waals surface area contributed by atoms with Gasteiger partial charge < -0.3 is 9.88 Å². The van der Waals surface area contributed by atoms with Crippen LogP contribution in [-0.4, -0.2) is 14.8 Å². The summed E-state index contributed by atoms with van der Waals surface area (Å²) >= 11 is 0. The molecule has 4 rings (SSSR count). The fourth-order valence-corrected chi connectivity index (χ4v) is 3.18. The van der Waals surface area contributed by atoms with E-state index in [2.05, 4.69) is 51.3 Å². The van der Waals surface area contributed by atoms with Crippen LogP contribution in [-0.2, 0) is 19.5 Å². The van der Waals surface area contributed by atoms with E-state index in [0.29, 0.717) is 0 Å². The van der Waals surface area contributed by atoms with E-state index in [9.17, 15) is 0 Å². The number of hydrogen-bond donors (Lipinski definition) is 1. The molecule has 1 fully saturated rings. The first-order valence-corrected chi connectivity index (χ1v) is 8.05. The lowest BCUT2D eigenvalue weighted by Gasteiger charge is -2.14. The molecule has 0 amide bonds. The van der Waals surface area contributed by atoms with Gasteiger partial charge in [0.1, 0.15) is 11.6 Å². The Bertz CT molecular complexity index is 625. The molecule has 0 radical (unpaired) electrons. The molecule has 4 nitrogen and oxygen atoms in total. The van der Waals surface area contributed by atoms with E-state index in [4.69, 9.17) is 0 Å². The molecule has 2 aromatic rings. The number of benzene rings is 1. The summed E-state index contributed by atoms with van der Waals surface area (Å²) in [5, 5.41) is 12.2. The van der Waals surface area contributed by atoms with Gasteiger partial charge in [0.15, 0.2) is 0 Å². The number of hydrogen-bond acceptors (Lipinski definition) is 3. The summed E-state index contributed by atoms with van der Waals surface area (Å²) in [7, 11) is 0. The van der Waals surface area contributed by atoms with Crippen molar-refractivity contribution in [1.82, 2.24) is 20.1 Å². The van der Waals surface area contributed by atoms with Gasteiger partial charge in [0.25, 0.3) is 0 Å². The molecule has 2 aliphatic rings. The lowest BCUT2D eigenvalue weighted by molar-refractivity contribution is 0.516. The van der Waals surface area contributed by atoms with Crippen molar-refractivity contribution in [2.24, 2.45) is 0 Å². The standard InChI is InChI=1S/C17H22N4/c1-12(17-20-19-16-3-2-10-21(16)17)18-11-13-4-6-14(7-5-13)15-8-9-15/h4-7,12,15,18H,2-3,8-11H2,1H3. The molecule has 1 aromatic heterocycles. The van der Waals surface area contributed by atoms with Crippen molar-refractivity contribution in [3.63, 3.8) is 0 Å². The number of aromatic nitrogens is 3. The van der Waals surface area contributed by atoms with Crippen molar-refractivity contribution < 1.29 is 0 Å². The number of nitrogens with zero attached hydrogens (tertiary/aromatic N) is 3. The smallest absolute Gasteiger partial charge is 0.149 e. The maximum atomic E-state index is 4.35. The minimum atomic E-state index is 0.243. The third kappa shape index (κ3) is 2.60. The summed E-state index contributed by atoms with van der Waals surface area (Å²) in [5.41, 5.74) is 2.84. The predicted octanol–water partition coefficient (Wildman–Crippen LogP) is 2.95. The van der Waals surface area contributed by atoms with Crippen LogP contribution < -0.4 is 5.32 Å². The molecular formula is C17H22N4. The summed E-state index contributed by atoms with van der Waals surface area (Å²) < 4.78 is 2.27. The highest BCUT2D eigenvalue weighted by atomic mass is 15.3. The van der Waals surface area contributed by atoms with Gasteiger partial charge >= 0.3 is 0 Å². The molecule has 4 heteroatoms. The van der Waals surface area contributed by atoms with Crippen molar-refractivity contribution in [3.8, 4) is 0 Å². The SMILES string of the molecule is CC(NCc1ccc(C2CC2)cc1)c1nnc2n1CCC2. The lowest BCUT2D eigenvalue weighted by Crippen LogP contribution is -2.21. The molecule has 2 heterocycles. The Morgan fingerprint density at radius 3 is 2.81 bits per heavy atom. The zero-order chi connectivity index (χ0) is 14.2. The van der Waals surface area contributed by atoms with Gasteiger partial charge in [0, 0.05) is 19.5 Å². The largest absolute Gasteiger partial charge is 0.314 e. The number of fused-ring (bicyclic) bond motifs is 1. The summed E-state index contributed by atoms with van der Waals surface area (Å²) in [6, 6.07) is 9.32. The van der Waals surface area contributed by atoms with Crippen LogP contribution in [0.3, 0.4) is 0 Å². The average Bonchev–Trinajstić information content (AvgIpc) is 3.11. The van der Waals surface area contributed by atoms with E-state index in [0.717, 1.165) is 37.1 Å². The van der Waals surface area contributed by atoms with Gasteiger partial charge in [-0.3, -0.25) is 0 Å². The van der Waals surface area contributed by atoms with Crippen molar-refractivity contribution in [1.29, 1.82) is 0 Å². The maximum Gasteiger partial charge on any atom is 0.149 e. The minimum Gasteiger partial charge on any atom is -0.314 e. The number of aryl methyl sites for hydroxylation is 1. The number of nitrogens with one attached hydrogen (secondary N) is 1. The van der Waals surface area contributed by atoms with Gasteiger partial charge in [-0.25, -0.2) is 0 Å². The van der Waals surface area contributed by atoms with Crippen LogP contribution in [0.2, 0.25) is 0 Å². The second-order valence-electron chi connectivity index (χ2n) is 6.35. The van der Waals surface area contributed by atoms with Gasteiger partial charge in [-0.05, 0) is 43.2 Å². The van der Waals surface area contributed by atoms with E-state index >= 15 is 0 Å². The number of rotatable bonds is 5. The van der Waals surface area contributed by atoms with Crippen LogP contribution in [0.25, 0.3) is 0 Å². The zero-order valence-electron chi connectivity index (χ0n) is 12.5. The van der Waals surface area contributed by atoms with Crippen LogP contribution in [0.15, 0.2) is 24.3 Å². The molecular weight excluding hydrogens is 260 g/mol. The molecule has 0 spiro atoms. The molecule has 110 valence electrons. The molecule has 1 unspecified atom stereocenters. The summed E-state index contributed by atoms with van der Waals surface area (Å²) in [6.07, 6.45) is 5.01. The molecule has 1 atom stereocenters. The molecule has 1 aromatic carbocycles. The Morgan fingerprint density at radius 2 is 2.05 bits per heavy atom. The van der Waals surface area contributed by atoms with Gasteiger partial charge in [-0.2, -0.15) is 0 Å². The second-order valence-corrected chi connectivity index (χ2v) is 6.35. The van der Waals surface area contributed by atoms with Gasteiger partial charge in [-0.15, -0.1) is 10.2 Å². The first-order valence-electron chi connectivity index (χ1n) is 8.05. The van der Waals surface area contributed by atoms with E-state index in [1.807, 2.05) is 0 Å². The van der Waals surface area contributed by atoms with Crippen molar-refractivity contribution in [3.05, 3.63) is 47.0 Å². The molecule has 0 saturated heterocycles. The van der Waals surface area contributed by atoms with Crippen molar-refractivity contribution in [2.75, 3.05) is 0 Å². The second kappa shape index (κ2) is 5.26. The first-order chi connectivity index (χ1) is 10.3. The highest BCUT2D eigenvalue weighted by Crippen LogP contribution is 2.39. The molecule has 1 aliphatic heterocycles. The van der Waals surface area contributed by atoms with Crippen molar-refractivity contribution in [2.45, 2.75) is 57.7 Å². The molecule has 0 bridgehead atoms. The highest BCUT2D eigenvalue weighted by Gasteiger charge is 2.23. The monoisotopic (exact) mass is 282 g/mol. The Labute approximate surface area is 125 Å². The lowest BCUT2D eigenvalue weighted by atomic mass is 10.1. The molecule has 1 aliphatic carbocycles. The predicted molar refractivity (Wildman–Crippen MR) is 82.0 cm³/mol. The quantitative estimate of drug-likeness (QED) is 0.917. The topological polar surface area (TPSA) is 42.7 Å². The average molecular weight is 282 g/mol. The summed E-state index contributed by atoms with van der Waals surface area (Å²) in [5.74, 6) is 3.06. The van der Waals surface area contributed by atoms with E-state index < -0.39 is 0 Å². The summed E-state index contributed by atoms with van der Waals surface area (Å²) in [4.78, 5) is 0. The van der Waals surface area contributed by atoms with Gasteiger partial charge in [0.2, 0.25) is 0 Å². The zero-order valence-corrected chi connectivity index (χ0v) is 12.5. The van der Waals surface area contributed by atoms with Crippen LogP contribution >= 0.6 is 0 Å². The Balaban J connectivity index is 1.39. The Hall–Kier alpha value is -1.68. The van der Waals surface area contributed by atoms with Crippen LogP contribution in [0.1, 0.15) is 60.9 Å². The third-order valence-corrected chi connectivity index (χ3v) is 4.67. The van der Waals surface area contributed by atoms with Gasteiger partial charge in [-0.1, -0.05) is 24.3 Å². The molecule has 1 saturated carbocycles. The summed E-state index contributed by atoms with van der Waals surface area (Å²) in [6.45, 7) is 4.13. The highest BCUT2D eigenvalue weighted by molar-refractivity contribution is 5.28. The van der Waals surface area contributed by atoms with Gasteiger partial charge in [0.05, 0.1) is 6.04 Å². The van der Waals surface area contributed by atoms with E-state index in [-0.39, 0.29) is 6.04 Å². The maximum absolute atomic E-state index is 4.35. The Kier molecular flexibility index (Phi) is 3.26. The van der Waals surface area contributed by atoms with Crippen LogP contribution in [0.4, 0.5) is 0 Å². The first kappa shape index (κ1) is 13.0. The third-order valence-electron chi connectivity index (χ3n) is 4.67. The van der Waals surface area contributed by atoms with Crippen LogP contribution in [0.5, 0.6) is 0 Å². The normalized spacial score (nSPS) is 18.7. The van der Waals surface area contributed by atoms with Crippen molar-refractivity contribution >= 4 is 0 Å². The van der Waals surface area contributed by atoms with E-state index in [1.54, 1.807) is 0 Å². The fourth-order valence-electron chi connectivity index (χ4n) is 3.18. The molecule has 1 N–H and O–H groups in total. The molecule has 21 heavy (non-hydrogen) atoms.